The summed E-state index contributed by atoms with van der Waals surface area (Å²) in [7, 11) is 0. The molecule has 2 aliphatic heterocycles. The lowest BCUT2D eigenvalue weighted by molar-refractivity contribution is -0.0372. The zero-order valence-electron chi connectivity index (χ0n) is 13.3. The molecule has 0 aromatic carbocycles. The zero-order chi connectivity index (χ0) is 13.8. The predicted molar refractivity (Wildman–Crippen MR) is 97.5 cm³/mol. The van der Waals surface area contributed by atoms with Crippen LogP contribution in [0.4, 0.5) is 0 Å². The van der Waals surface area contributed by atoms with Crippen LogP contribution < -0.4 is 5.32 Å². The van der Waals surface area contributed by atoms with E-state index in [1.54, 1.807) is 0 Å². The maximum Gasteiger partial charge on any atom is 0.194 e. The van der Waals surface area contributed by atoms with Crippen molar-refractivity contribution in [2.24, 2.45) is 10.4 Å². The summed E-state index contributed by atoms with van der Waals surface area (Å²) in [6, 6.07) is 0.667. The van der Waals surface area contributed by atoms with Gasteiger partial charge in [0, 0.05) is 37.7 Å². The topological polar surface area (TPSA) is 36.9 Å². The van der Waals surface area contributed by atoms with Crippen molar-refractivity contribution in [3.05, 3.63) is 0 Å². The van der Waals surface area contributed by atoms with Gasteiger partial charge in [-0.25, -0.2) is 0 Å². The van der Waals surface area contributed by atoms with E-state index in [1.807, 2.05) is 0 Å². The summed E-state index contributed by atoms with van der Waals surface area (Å²) >= 11 is 0. The van der Waals surface area contributed by atoms with Crippen LogP contribution in [0.2, 0.25) is 0 Å². The minimum Gasteiger partial charge on any atom is -0.381 e. The summed E-state index contributed by atoms with van der Waals surface area (Å²) in [4.78, 5) is 7.24. The third-order valence-electron chi connectivity index (χ3n) is 5.11. The van der Waals surface area contributed by atoms with Gasteiger partial charge in [0.15, 0.2) is 5.96 Å². The largest absolute Gasteiger partial charge is 0.381 e. The highest BCUT2D eigenvalue weighted by Gasteiger charge is 2.38. The third kappa shape index (κ3) is 4.24. The van der Waals surface area contributed by atoms with E-state index < -0.39 is 0 Å². The molecule has 1 N–H and O–H groups in total. The Bertz CT molecular complexity index is 346. The summed E-state index contributed by atoms with van der Waals surface area (Å²) in [5.41, 5.74) is 0.395. The second kappa shape index (κ2) is 7.99. The van der Waals surface area contributed by atoms with E-state index in [2.05, 4.69) is 17.1 Å². The highest BCUT2D eigenvalue weighted by molar-refractivity contribution is 14.0. The van der Waals surface area contributed by atoms with Crippen LogP contribution in [-0.2, 0) is 4.74 Å². The Kier molecular flexibility index (Phi) is 6.59. The Morgan fingerprint density at radius 3 is 2.71 bits per heavy atom. The molecule has 0 aromatic rings. The Hall–Kier alpha value is -0.0400. The maximum atomic E-state index is 5.78. The molecule has 1 unspecified atom stereocenters. The Labute approximate surface area is 146 Å². The molecular formula is C16H30IN3O. The van der Waals surface area contributed by atoms with Gasteiger partial charge in [-0.15, -0.1) is 24.0 Å². The van der Waals surface area contributed by atoms with Crippen LogP contribution in [0.1, 0.15) is 51.9 Å². The normalized spacial score (nSPS) is 30.7. The fourth-order valence-electron chi connectivity index (χ4n) is 3.74. The van der Waals surface area contributed by atoms with Gasteiger partial charge in [0.1, 0.15) is 0 Å². The zero-order valence-corrected chi connectivity index (χ0v) is 15.6. The van der Waals surface area contributed by atoms with Gasteiger partial charge in [-0.2, -0.15) is 0 Å². The number of nitrogens with zero attached hydrogens (tertiary/aromatic N) is 2. The minimum atomic E-state index is 0. The van der Waals surface area contributed by atoms with Crippen molar-refractivity contribution in [1.82, 2.24) is 10.2 Å². The molecule has 3 aliphatic rings. The first-order chi connectivity index (χ1) is 9.81. The summed E-state index contributed by atoms with van der Waals surface area (Å²) in [6.45, 7) is 7.19. The fraction of sp³-hybridized carbons (Fsp3) is 0.938. The lowest BCUT2D eigenvalue weighted by Gasteiger charge is -2.46. The van der Waals surface area contributed by atoms with Crippen molar-refractivity contribution in [3.63, 3.8) is 0 Å². The Balaban J connectivity index is 0.00000161. The molecule has 21 heavy (non-hydrogen) atoms. The molecular weight excluding hydrogens is 377 g/mol. The van der Waals surface area contributed by atoms with Crippen LogP contribution in [0.5, 0.6) is 0 Å². The molecule has 122 valence electrons. The van der Waals surface area contributed by atoms with Crippen LogP contribution in [-0.4, -0.2) is 49.7 Å². The van der Waals surface area contributed by atoms with Gasteiger partial charge in [0.05, 0.1) is 6.61 Å². The fourth-order valence-corrected chi connectivity index (χ4v) is 3.74. The van der Waals surface area contributed by atoms with E-state index in [-0.39, 0.29) is 24.0 Å². The molecule has 0 radical (unpaired) electrons. The number of likely N-dealkylation sites (tertiary alicyclic amines) is 1. The van der Waals surface area contributed by atoms with E-state index in [0.29, 0.717) is 11.5 Å². The monoisotopic (exact) mass is 407 g/mol. The van der Waals surface area contributed by atoms with Crippen molar-refractivity contribution < 1.29 is 4.74 Å². The molecule has 1 atom stereocenters. The number of guanidine groups is 1. The minimum absolute atomic E-state index is 0. The second-order valence-electron chi connectivity index (χ2n) is 6.75. The Morgan fingerprint density at radius 2 is 2.10 bits per heavy atom. The molecule has 3 fully saturated rings. The van der Waals surface area contributed by atoms with E-state index in [1.165, 1.54) is 44.9 Å². The summed E-state index contributed by atoms with van der Waals surface area (Å²) in [5.74, 6) is 1.15. The molecule has 2 heterocycles. The van der Waals surface area contributed by atoms with Gasteiger partial charge < -0.3 is 15.0 Å². The third-order valence-corrected chi connectivity index (χ3v) is 5.11. The van der Waals surface area contributed by atoms with Crippen LogP contribution in [0.25, 0.3) is 0 Å². The van der Waals surface area contributed by atoms with Gasteiger partial charge >= 0.3 is 0 Å². The average Bonchev–Trinajstić information content (AvgIpc) is 2.42. The first kappa shape index (κ1) is 17.3. The lowest BCUT2D eigenvalue weighted by atomic mass is 9.76. The molecule has 2 saturated heterocycles. The molecule has 5 heteroatoms. The van der Waals surface area contributed by atoms with Crippen molar-refractivity contribution in [3.8, 4) is 0 Å². The highest BCUT2D eigenvalue weighted by Crippen LogP contribution is 2.37. The predicted octanol–water partition coefficient (Wildman–Crippen LogP) is 3.02. The smallest absolute Gasteiger partial charge is 0.194 e. The van der Waals surface area contributed by atoms with Crippen molar-refractivity contribution in [2.45, 2.75) is 57.9 Å². The number of rotatable bonds is 2. The van der Waals surface area contributed by atoms with Crippen molar-refractivity contribution >= 4 is 29.9 Å². The number of hydrogen-bond donors (Lipinski definition) is 1. The quantitative estimate of drug-likeness (QED) is 0.435. The Morgan fingerprint density at radius 1 is 1.29 bits per heavy atom. The van der Waals surface area contributed by atoms with Gasteiger partial charge in [-0.05, 0) is 51.9 Å². The van der Waals surface area contributed by atoms with Crippen molar-refractivity contribution in [2.75, 3.05) is 32.8 Å². The molecule has 0 aromatic heterocycles. The molecule has 3 rings (SSSR count). The molecule has 4 nitrogen and oxygen atoms in total. The number of ether oxygens (including phenoxy) is 1. The number of nitrogens with one attached hydrogen (secondary N) is 1. The number of piperidine rings is 1. The number of aliphatic imine (C=N–C) groups is 1. The molecule has 0 bridgehead atoms. The van der Waals surface area contributed by atoms with Gasteiger partial charge in [-0.3, -0.25) is 4.99 Å². The van der Waals surface area contributed by atoms with Crippen LogP contribution >= 0.6 is 24.0 Å². The summed E-state index contributed by atoms with van der Waals surface area (Å²) in [6.07, 6.45) is 9.14. The van der Waals surface area contributed by atoms with Gasteiger partial charge in [0.25, 0.3) is 0 Å². The van der Waals surface area contributed by atoms with E-state index in [4.69, 9.17) is 9.73 Å². The maximum absolute atomic E-state index is 5.78. The van der Waals surface area contributed by atoms with Crippen LogP contribution in [0.15, 0.2) is 4.99 Å². The number of hydrogen-bond acceptors (Lipinski definition) is 2. The molecule has 0 amide bonds. The molecule has 1 aliphatic carbocycles. The first-order valence-electron chi connectivity index (χ1n) is 8.45. The van der Waals surface area contributed by atoms with Gasteiger partial charge in [0.2, 0.25) is 0 Å². The molecule has 1 spiro atoms. The SMILES string of the molecule is CCN=C(NC1CCC1)N1CCCC2(CCCOC2)C1.I. The van der Waals surface area contributed by atoms with E-state index >= 15 is 0 Å². The highest BCUT2D eigenvalue weighted by atomic mass is 127. The van der Waals surface area contributed by atoms with Crippen LogP contribution in [0.3, 0.4) is 0 Å². The average molecular weight is 407 g/mol. The van der Waals surface area contributed by atoms with E-state index in [0.717, 1.165) is 38.8 Å². The summed E-state index contributed by atoms with van der Waals surface area (Å²) in [5, 5.41) is 3.68. The lowest BCUT2D eigenvalue weighted by Crippen LogP contribution is -2.55. The first-order valence-corrected chi connectivity index (χ1v) is 8.45. The summed E-state index contributed by atoms with van der Waals surface area (Å²) < 4.78 is 5.78. The second-order valence-corrected chi connectivity index (χ2v) is 6.75. The standard InChI is InChI=1S/C16H29N3O.HI/c1-2-17-15(18-14-6-3-7-14)19-10-4-8-16(12-19)9-5-11-20-13-16;/h14H,2-13H2,1H3,(H,17,18);1H. The van der Waals surface area contributed by atoms with Crippen LogP contribution in [0, 0.1) is 5.41 Å². The number of halogens is 1. The van der Waals surface area contributed by atoms with Gasteiger partial charge in [-0.1, -0.05) is 0 Å². The van der Waals surface area contributed by atoms with Crippen molar-refractivity contribution in [1.29, 1.82) is 0 Å². The van der Waals surface area contributed by atoms with E-state index in [9.17, 15) is 0 Å². The molecule has 1 saturated carbocycles.